The Hall–Kier alpha value is -2.58. The Bertz CT molecular complexity index is 927. The summed E-state index contributed by atoms with van der Waals surface area (Å²) in [5.41, 5.74) is 2.45. The largest absolute Gasteiger partial charge is 0.419 e. The van der Waals surface area contributed by atoms with Gasteiger partial charge in [-0.2, -0.15) is 5.10 Å². The van der Waals surface area contributed by atoms with Crippen LogP contribution in [0.4, 0.5) is 5.69 Å². The topological polar surface area (TPSA) is 94.1 Å². The molecular formula is C15H18ClN5O3. The van der Waals surface area contributed by atoms with Crippen molar-refractivity contribution in [2.24, 2.45) is 14.1 Å². The molecule has 1 aromatic carbocycles. The van der Waals surface area contributed by atoms with Gasteiger partial charge in [0.15, 0.2) is 5.58 Å². The number of benzene rings is 1. The van der Waals surface area contributed by atoms with Crippen LogP contribution in [-0.2, 0) is 18.9 Å². The summed E-state index contributed by atoms with van der Waals surface area (Å²) in [5, 5.41) is 9.88. The molecule has 0 saturated carbocycles. The third-order valence-corrected chi connectivity index (χ3v) is 3.67. The molecule has 0 aliphatic carbocycles. The maximum atomic E-state index is 12.5. The van der Waals surface area contributed by atoms with Crippen LogP contribution in [0, 0.1) is 0 Å². The minimum atomic E-state index is -0.521. The van der Waals surface area contributed by atoms with E-state index in [1.165, 1.54) is 4.57 Å². The van der Waals surface area contributed by atoms with E-state index in [0.717, 1.165) is 5.56 Å². The second kappa shape index (κ2) is 6.90. The van der Waals surface area contributed by atoms with Crippen molar-refractivity contribution in [1.82, 2.24) is 19.7 Å². The lowest BCUT2D eigenvalue weighted by molar-refractivity contribution is -0.118. The van der Waals surface area contributed by atoms with Crippen molar-refractivity contribution in [3.05, 3.63) is 46.7 Å². The summed E-state index contributed by atoms with van der Waals surface area (Å²) >= 11 is 0. The first-order valence-electron chi connectivity index (χ1n) is 7.06. The van der Waals surface area contributed by atoms with E-state index in [1.807, 2.05) is 0 Å². The zero-order valence-electron chi connectivity index (χ0n) is 13.4. The van der Waals surface area contributed by atoms with Crippen LogP contribution in [0.15, 0.2) is 39.8 Å². The number of hydrogen-bond donors (Lipinski definition) is 2. The molecule has 3 aromatic rings. The normalized spacial score (nSPS) is 12.0. The SMILES string of the molecule is CNC(C(=O)Nc1ccc2oc(=O)n(C)c2c1)c1cnn(C)c1.Cl. The standard InChI is InChI=1S/C15H17N5O3.ClH/c1-16-13(9-7-17-19(2)8-9)14(21)18-10-4-5-12-11(6-10)20(3)15(22)23-12;/h4-8,13,16H,1-3H3,(H,18,21);1H. The van der Waals surface area contributed by atoms with E-state index in [4.69, 9.17) is 4.42 Å². The fraction of sp³-hybridized carbons (Fsp3) is 0.267. The number of nitrogens with one attached hydrogen (secondary N) is 2. The third-order valence-electron chi connectivity index (χ3n) is 3.67. The number of halogens is 1. The highest BCUT2D eigenvalue weighted by Gasteiger charge is 2.20. The van der Waals surface area contributed by atoms with Gasteiger partial charge in [0, 0.05) is 31.5 Å². The lowest BCUT2D eigenvalue weighted by Crippen LogP contribution is -2.30. The second-order valence-electron chi connectivity index (χ2n) is 5.27. The molecule has 0 aliphatic rings. The van der Waals surface area contributed by atoms with Crippen LogP contribution < -0.4 is 16.4 Å². The zero-order valence-corrected chi connectivity index (χ0v) is 14.3. The molecule has 0 bridgehead atoms. The number of anilines is 1. The van der Waals surface area contributed by atoms with Gasteiger partial charge in [-0.25, -0.2) is 4.79 Å². The fourth-order valence-electron chi connectivity index (χ4n) is 2.46. The first-order chi connectivity index (χ1) is 11.0. The summed E-state index contributed by atoms with van der Waals surface area (Å²) in [6.07, 6.45) is 3.42. The van der Waals surface area contributed by atoms with E-state index < -0.39 is 11.8 Å². The van der Waals surface area contributed by atoms with Gasteiger partial charge >= 0.3 is 5.76 Å². The molecule has 1 amide bonds. The van der Waals surface area contributed by atoms with Gasteiger partial charge in [0.05, 0.1) is 11.7 Å². The van der Waals surface area contributed by atoms with Gasteiger partial charge in [-0.1, -0.05) is 0 Å². The van der Waals surface area contributed by atoms with Gasteiger partial charge in [-0.05, 0) is 25.2 Å². The van der Waals surface area contributed by atoms with Gasteiger partial charge in [-0.15, -0.1) is 12.4 Å². The number of hydrogen-bond acceptors (Lipinski definition) is 5. The lowest BCUT2D eigenvalue weighted by Gasteiger charge is -2.14. The molecule has 3 rings (SSSR count). The summed E-state index contributed by atoms with van der Waals surface area (Å²) in [7, 11) is 5.12. The first-order valence-corrected chi connectivity index (χ1v) is 7.06. The van der Waals surface area contributed by atoms with E-state index >= 15 is 0 Å². The van der Waals surface area contributed by atoms with Crippen LogP contribution in [0.3, 0.4) is 0 Å². The zero-order chi connectivity index (χ0) is 16.6. The molecule has 1 unspecified atom stereocenters. The number of rotatable bonds is 4. The number of nitrogens with zero attached hydrogens (tertiary/aromatic N) is 3. The molecule has 128 valence electrons. The van der Waals surface area contributed by atoms with E-state index in [1.54, 1.807) is 56.4 Å². The van der Waals surface area contributed by atoms with Gasteiger partial charge in [0.25, 0.3) is 0 Å². The summed E-state index contributed by atoms with van der Waals surface area (Å²) in [4.78, 5) is 24.0. The molecule has 0 radical (unpaired) electrons. The molecule has 2 heterocycles. The van der Waals surface area contributed by atoms with Crippen LogP contribution in [0.5, 0.6) is 0 Å². The van der Waals surface area contributed by atoms with Crippen LogP contribution in [0.25, 0.3) is 11.1 Å². The smallest absolute Gasteiger partial charge is 0.408 e. The number of aromatic nitrogens is 3. The highest BCUT2D eigenvalue weighted by molar-refractivity contribution is 5.96. The molecule has 24 heavy (non-hydrogen) atoms. The van der Waals surface area contributed by atoms with E-state index in [9.17, 15) is 9.59 Å². The molecule has 0 aliphatic heterocycles. The monoisotopic (exact) mass is 351 g/mol. The molecule has 2 aromatic heterocycles. The Labute approximate surface area is 143 Å². The molecule has 2 N–H and O–H groups in total. The Balaban J connectivity index is 0.00000208. The third kappa shape index (κ3) is 3.19. The molecule has 9 heteroatoms. The summed E-state index contributed by atoms with van der Waals surface area (Å²) in [6, 6.07) is 4.53. The predicted octanol–water partition coefficient (Wildman–Crippen LogP) is 1.19. The number of likely N-dealkylation sites (N-methyl/N-ethyl adjacent to an activating group) is 1. The van der Waals surface area contributed by atoms with Crippen molar-refractivity contribution in [2.75, 3.05) is 12.4 Å². The van der Waals surface area contributed by atoms with Gasteiger partial charge in [0.2, 0.25) is 5.91 Å². The molecule has 0 spiro atoms. The Kier molecular flexibility index (Phi) is 5.10. The highest BCUT2D eigenvalue weighted by Crippen LogP contribution is 2.20. The minimum absolute atomic E-state index is 0. The summed E-state index contributed by atoms with van der Waals surface area (Å²) < 4.78 is 8.10. The van der Waals surface area contributed by atoms with Crippen molar-refractivity contribution in [3.8, 4) is 0 Å². The van der Waals surface area contributed by atoms with E-state index in [2.05, 4.69) is 15.7 Å². The average Bonchev–Trinajstić information content (AvgIpc) is 3.05. The van der Waals surface area contributed by atoms with Gasteiger partial charge < -0.3 is 15.1 Å². The number of aryl methyl sites for hydroxylation is 2. The Morgan fingerprint density at radius 2 is 2.08 bits per heavy atom. The first kappa shape index (κ1) is 17.8. The van der Waals surface area contributed by atoms with Crippen molar-refractivity contribution < 1.29 is 9.21 Å². The quantitative estimate of drug-likeness (QED) is 0.736. The van der Waals surface area contributed by atoms with Crippen LogP contribution in [0.1, 0.15) is 11.6 Å². The molecule has 0 saturated heterocycles. The predicted molar refractivity (Wildman–Crippen MR) is 92.3 cm³/mol. The fourth-order valence-corrected chi connectivity index (χ4v) is 2.46. The number of oxazole rings is 1. The van der Waals surface area contributed by atoms with Crippen molar-refractivity contribution in [3.63, 3.8) is 0 Å². The van der Waals surface area contributed by atoms with Gasteiger partial charge in [-0.3, -0.25) is 14.0 Å². The number of amides is 1. The van der Waals surface area contributed by atoms with E-state index in [-0.39, 0.29) is 18.3 Å². The average molecular weight is 352 g/mol. The Morgan fingerprint density at radius 1 is 1.33 bits per heavy atom. The Morgan fingerprint density at radius 3 is 2.71 bits per heavy atom. The number of carbonyl (C=O) groups is 1. The van der Waals surface area contributed by atoms with Crippen molar-refractivity contribution >= 4 is 35.1 Å². The van der Waals surface area contributed by atoms with Crippen LogP contribution in [0.2, 0.25) is 0 Å². The molecule has 1 atom stereocenters. The minimum Gasteiger partial charge on any atom is -0.408 e. The number of carbonyl (C=O) groups excluding carboxylic acids is 1. The van der Waals surface area contributed by atoms with Crippen molar-refractivity contribution in [1.29, 1.82) is 0 Å². The highest BCUT2D eigenvalue weighted by atomic mass is 35.5. The van der Waals surface area contributed by atoms with Crippen LogP contribution >= 0.6 is 12.4 Å². The van der Waals surface area contributed by atoms with E-state index in [0.29, 0.717) is 16.8 Å². The second-order valence-corrected chi connectivity index (χ2v) is 5.27. The molecule has 0 fully saturated rings. The lowest BCUT2D eigenvalue weighted by atomic mass is 10.1. The van der Waals surface area contributed by atoms with Crippen molar-refractivity contribution in [2.45, 2.75) is 6.04 Å². The van der Waals surface area contributed by atoms with Gasteiger partial charge in [0.1, 0.15) is 6.04 Å². The maximum Gasteiger partial charge on any atom is 0.419 e. The number of fused-ring (bicyclic) bond motifs is 1. The van der Waals surface area contributed by atoms with Crippen LogP contribution in [-0.4, -0.2) is 27.3 Å². The summed E-state index contributed by atoms with van der Waals surface area (Å²) in [6.45, 7) is 0. The molecule has 8 nitrogen and oxygen atoms in total. The maximum absolute atomic E-state index is 12.5. The molecular weight excluding hydrogens is 334 g/mol. The summed E-state index contributed by atoms with van der Waals surface area (Å²) in [5.74, 6) is -0.653.